The van der Waals surface area contributed by atoms with Crippen molar-refractivity contribution in [2.24, 2.45) is 27.9 Å². The summed E-state index contributed by atoms with van der Waals surface area (Å²) in [6, 6.07) is 21.2. The lowest BCUT2D eigenvalue weighted by molar-refractivity contribution is -0.249. The molecule has 3 aromatic heterocycles. The van der Waals surface area contributed by atoms with Crippen LogP contribution in [-0.2, 0) is 59.3 Å². The van der Waals surface area contributed by atoms with Crippen LogP contribution in [0.2, 0.25) is 0 Å². The van der Waals surface area contributed by atoms with E-state index in [1.807, 2.05) is 65.0 Å². The summed E-state index contributed by atoms with van der Waals surface area (Å²) in [5, 5.41) is 41.4. The number of ether oxygens (including phenoxy) is 2. The molecule has 13 rings (SSSR count). The number of para-hydroxylation sites is 1. The third-order valence-electron chi connectivity index (χ3n) is 22.7. The van der Waals surface area contributed by atoms with Crippen molar-refractivity contribution in [2.75, 3.05) is 74.1 Å². The lowest BCUT2D eigenvalue weighted by atomic mass is 9.39. The number of piperidine rings is 1. The Morgan fingerprint density at radius 1 is 0.800 bits per heavy atom. The number of aromatic carboxylic acids is 1. The van der Waals surface area contributed by atoms with Gasteiger partial charge < -0.3 is 61.0 Å². The van der Waals surface area contributed by atoms with Crippen LogP contribution in [0.5, 0.6) is 0 Å². The Bertz CT molecular complexity index is 4410. The van der Waals surface area contributed by atoms with Crippen molar-refractivity contribution in [1.29, 1.82) is 0 Å². The molecule has 7 aliphatic rings. The molecule has 5 fully saturated rings. The molecular weight excluding hydrogens is 1450 g/mol. The van der Waals surface area contributed by atoms with Crippen molar-refractivity contribution in [1.82, 2.24) is 50.4 Å². The summed E-state index contributed by atoms with van der Waals surface area (Å²) in [4.78, 5) is 140. The highest BCUT2D eigenvalue weighted by Crippen LogP contribution is 2.72. The van der Waals surface area contributed by atoms with Gasteiger partial charge in [-0.1, -0.05) is 81.9 Å². The molecule has 8 amide bonds. The number of carboxylic acid groups (broad SMARTS) is 1. The van der Waals surface area contributed by atoms with E-state index in [0.717, 1.165) is 65.6 Å². The van der Waals surface area contributed by atoms with Crippen molar-refractivity contribution in [3.63, 3.8) is 0 Å². The fraction of sp³-hybridized carbons (Fsp3) is 0.532. The summed E-state index contributed by atoms with van der Waals surface area (Å²) in [6.45, 7) is 14.4. The van der Waals surface area contributed by atoms with Crippen molar-refractivity contribution >= 4 is 93.4 Å². The van der Waals surface area contributed by atoms with Crippen molar-refractivity contribution < 1.29 is 72.4 Å². The zero-order chi connectivity index (χ0) is 78.3. The third-order valence-corrected chi connectivity index (χ3v) is 24.5. The molecule has 3 aliphatic heterocycles. The van der Waals surface area contributed by atoms with Gasteiger partial charge in [-0.05, 0) is 191 Å². The number of hydrogen-bond acceptors (Lipinski definition) is 19. The lowest BCUT2D eigenvalue weighted by Gasteiger charge is -2.69. The number of fused-ring (bicyclic) bond motifs is 2. The SMILES string of the molecule is Cc1c(-c2ccc(N3CCc4cccc(C(=O)Nc5nc6ccccc6s5)c4C3)nc2C(=O)O)cnn1CC12CC3(C)CC(C)(C1)CC(OCCN(CCCP(=O)(O)O)C1CCN(C(=O)OCc4ccc(NC(=O)[C@H](CCCNC(N)=O)NC(=O)[C@@H](NC(O)CCCCCN5C(=O)C=CC5=O)C(C)C)cc4)CC1)(C3)C2. The molecule has 0 radical (unpaired) electrons. The minimum Gasteiger partial charge on any atom is -0.476 e. The highest BCUT2D eigenvalue weighted by Gasteiger charge is 2.66. The first-order valence-corrected chi connectivity index (χ1v) is 40.9. The number of imide groups is 1. The van der Waals surface area contributed by atoms with Crippen LogP contribution in [0.25, 0.3) is 21.3 Å². The van der Waals surface area contributed by atoms with E-state index in [9.17, 15) is 62.9 Å². The number of pyridine rings is 1. The van der Waals surface area contributed by atoms with Gasteiger partial charge in [-0.3, -0.25) is 53.7 Å². The van der Waals surface area contributed by atoms with E-state index in [1.54, 1.807) is 55.3 Å². The number of anilines is 3. The van der Waals surface area contributed by atoms with Crippen LogP contribution < -0.4 is 37.2 Å². The molecule has 0 spiro atoms. The number of primary amides is 1. The number of carbonyl (C=O) groups excluding carboxylic acids is 7. The Morgan fingerprint density at radius 2 is 1.54 bits per heavy atom. The molecule has 6 aromatic rings. The Labute approximate surface area is 644 Å². The van der Waals surface area contributed by atoms with Crippen LogP contribution in [0.4, 0.5) is 26.2 Å². The summed E-state index contributed by atoms with van der Waals surface area (Å²) in [6.07, 6.45) is 12.6. The van der Waals surface area contributed by atoms with E-state index in [1.165, 1.54) is 28.4 Å². The molecule has 110 heavy (non-hydrogen) atoms. The van der Waals surface area contributed by atoms with Crippen LogP contribution in [0, 0.1) is 29.1 Å². The molecule has 590 valence electrons. The number of nitrogens with zero attached hydrogens (tertiary/aromatic N) is 8. The average molecular weight is 1550 g/mol. The lowest BCUT2D eigenvalue weighted by Crippen LogP contribution is -2.64. The molecule has 3 aromatic carbocycles. The number of rotatable bonds is 35. The molecule has 4 bridgehead atoms. The average Bonchev–Trinajstić information content (AvgIpc) is 1.21. The molecule has 29 nitrogen and oxygen atoms in total. The van der Waals surface area contributed by atoms with E-state index in [-0.39, 0.29) is 90.3 Å². The second-order valence-electron chi connectivity index (χ2n) is 32.1. The molecule has 31 heteroatoms. The largest absolute Gasteiger partial charge is 0.476 e. The van der Waals surface area contributed by atoms with Crippen LogP contribution in [0.3, 0.4) is 0 Å². The highest BCUT2D eigenvalue weighted by atomic mass is 32.1. The smallest absolute Gasteiger partial charge is 0.410 e. The minimum absolute atomic E-state index is 0.00162. The first kappa shape index (κ1) is 80.5. The van der Waals surface area contributed by atoms with E-state index < -0.39 is 61.4 Å². The Balaban J connectivity index is 0.629. The van der Waals surface area contributed by atoms with E-state index in [2.05, 4.69) is 50.3 Å². The van der Waals surface area contributed by atoms with Gasteiger partial charge in [0.1, 0.15) is 24.7 Å². The van der Waals surface area contributed by atoms with Gasteiger partial charge in [-0.2, -0.15) is 5.10 Å². The predicted molar refractivity (Wildman–Crippen MR) is 415 cm³/mol. The van der Waals surface area contributed by atoms with Crippen LogP contribution in [0.15, 0.2) is 97.2 Å². The summed E-state index contributed by atoms with van der Waals surface area (Å²) in [5.74, 6) is -2.98. The van der Waals surface area contributed by atoms with E-state index in [0.29, 0.717) is 143 Å². The normalized spacial score (nSPS) is 21.9. The number of carbonyl (C=O) groups is 8. The fourth-order valence-corrected chi connectivity index (χ4v) is 20.1. The monoisotopic (exact) mass is 1550 g/mol. The van der Waals surface area contributed by atoms with E-state index >= 15 is 0 Å². The number of unbranched alkanes of at least 4 members (excludes halogenated alkanes) is 2. The quantitative estimate of drug-likeness (QED) is 0.00766. The molecule has 5 atom stereocenters. The zero-order valence-corrected chi connectivity index (χ0v) is 64.9. The maximum absolute atomic E-state index is 13.9. The topological polar surface area (TPSA) is 396 Å². The summed E-state index contributed by atoms with van der Waals surface area (Å²) < 4.78 is 28.2. The number of aliphatic hydroxyl groups is 1. The van der Waals surface area contributed by atoms with E-state index in [4.69, 9.17) is 25.3 Å². The Morgan fingerprint density at radius 3 is 2.24 bits per heavy atom. The summed E-state index contributed by atoms with van der Waals surface area (Å²) in [7, 11) is -4.28. The number of likely N-dealkylation sites (tertiary alicyclic amines) is 1. The molecule has 6 heterocycles. The van der Waals surface area contributed by atoms with Gasteiger partial charge in [-0.25, -0.2) is 24.4 Å². The standard InChI is InChI=1S/C79H103N14O15PS/c1-50(2)67(87-64(94)19-7-6-10-33-92-65(95)26-27-66(92)96)71(99)84-61(17-12-31-81-73(80)102)70(98)83-54-22-20-52(21-23-54)42-107-75(103)90-35-29-55(30-36-90)89(32-13-39-109(104,105)106)37-38-108-79-46-76(4)43-77(5,47-79)45-78(44-76,48-79)49-93-51(3)58(40-82-93)56-24-25-63(86-68(56)72(100)101)91-34-28-53-14-11-15-57(59(53)41-91)69(97)88-74-85-60-16-8-9-18-62(60)110-74/h8-9,11,14-16,18,20-27,40,50,55,61,64,67,87,94H,6-7,10,12-13,17,19,28-39,41-49H2,1-5H3,(H,83,98)(H,84,99)(H,100,101)(H3,80,81,102)(H,85,88,97)(H2,104,105,106)/t61-,64?,67-,76?,77?,78?,79?/m0/s1. The second kappa shape index (κ2) is 34.3. The van der Waals surface area contributed by atoms with Crippen LogP contribution in [0.1, 0.15) is 167 Å². The third kappa shape index (κ3) is 19.8. The number of benzene rings is 3. The molecular formula is C79H103N14O15PS. The minimum atomic E-state index is -4.28. The zero-order valence-electron chi connectivity index (χ0n) is 63.2. The van der Waals surface area contributed by atoms with Crippen molar-refractivity contribution in [3.05, 3.63) is 131 Å². The van der Waals surface area contributed by atoms with Gasteiger partial charge in [0.15, 0.2) is 10.8 Å². The van der Waals surface area contributed by atoms with Gasteiger partial charge in [-0.15, -0.1) is 0 Å². The number of amides is 8. The Hall–Kier alpha value is -9.00. The number of hydrogen-bond donors (Lipinski definition) is 10. The van der Waals surface area contributed by atoms with Crippen molar-refractivity contribution in [3.8, 4) is 11.1 Å². The maximum atomic E-state index is 13.9. The fourth-order valence-electron chi connectivity index (χ4n) is 18.7. The first-order chi connectivity index (χ1) is 52.4. The number of carboxylic acids is 1. The van der Waals surface area contributed by atoms with Crippen LogP contribution >= 0.6 is 18.9 Å². The number of aliphatic hydroxyl groups excluding tert-OH is 1. The second-order valence-corrected chi connectivity index (χ2v) is 34.9. The van der Waals surface area contributed by atoms with Gasteiger partial charge in [0, 0.05) is 98.6 Å². The number of thiazole rings is 1. The van der Waals surface area contributed by atoms with Gasteiger partial charge >= 0.3 is 25.7 Å². The van der Waals surface area contributed by atoms with Crippen LogP contribution in [-0.4, -0.2) is 191 Å². The van der Waals surface area contributed by atoms with Gasteiger partial charge in [0.05, 0.1) is 40.8 Å². The maximum Gasteiger partial charge on any atom is 0.410 e. The van der Waals surface area contributed by atoms with Crippen molar-refractivity contribution in [2.45, 2.75) is 187 Å². The predicted octanol–water partition coefficient (Wildman–Crippen LogP) is 9.47. The number of urea groups is 1. The molecule has 4 aliphatic carbocycles. The summed E-state index contributed by atoms with van der Waals surface area (Å²) in [5.41, 5.74) is 10.8. The molecule has 4 saturated carbocycles. The number of nitrogens with one attached hydrogen (secondary N) is 5. The van der Waals surface area contributed by atoms with Gasteiger partial charge in [0.2, 0.25) is 11.8 Å². The molecule has 3 unspecified atom stereocenters. The number of nitrogens with two attached hydrogens (primary N) is 1. The molecule has 11 N–H and O–H groups in total. The Kier molecular flexibility index (Phi) is 25.1. The highest BCUT2D eigenvalue weighted by molar-refractivity contribution is 7.51. The number of aromatic nitrogens is 4. The summed E-state index contributed by atoms with van der Waals surface area (Å²) >= 11 is 1.41. The van der Waals surface area contributed by atoms with Gasteiger partial charge in [0.25, 0.3) is 17.7 Å². The first-order valence-electron chi connectivity index (χ1n) is 38.3. The molecule has 1 saturated heterocycles.